The molecule has 174 valence electrons. The molecule has 2 heterocycles. The van der Waals surface area contributed by atoms with Crippen molar-refractivity contribution in [2.24, 2.45) is 5.92 Å². The van der Waals surface area contributed by atoms with Gasteiger partial charge in [-0.2, -0.15) is 8.78 Å². The van der Waals surface area contributed by atoms with Crippen molar-refractivity contribution >= 4 is 17.7 Å². The molecule has 1 saturated heterocycles. The number of rotatable bonds is 6. The van der Waals surface area contributed by atoms with E-state index in [0.717, 1.165) is 0 Å². The number of halogens is 4. The van der Waals surface area contributed by atoms with Crippen LogP contribution >= 0.6 is 0 Å². The first-order valence-electron chi connectivity index (χ1n) is 10.3. The van der Waals surface area contributed by atoms with E-state index in [2.05, 4.69) is 10.6 Å². The minimum Gasteiger partial charge on any atom is -0.379 e. The monoisotopic (exact) mass is 457 g/mol. The van der Waals surface area contributed by atoms with Crippen LogP contribution < -0.4 is 10.6 Å². The zero-order valence-electron chi connectivity index (χ0n) is 17.3. The van der Waals surface area contributed by atoms with Crippen LogP contribution in [-0.4, -0.2) is 59.8 Å². The lowest BCUT2D eigenvalue weighted by molar-refractivity contribution is -0.143. The summed E-state index contributed by atoms with van der Waals surface area (Å²) >= 11 is 0. The number of nitrogens with one attached hydrogen (secondary N) is 2. The first kappa shape index (κ1) is 22.5. The average molecular weight is 457 g/mol. The Hall–Kier alpha value is -2.69. The number of fused-ring (bicyclic) bond motifs is 1. The molecular formula is C21H23F4N3O4. The van der Waals surface area contributed by atoms with Crippen LogP contribution in [0.15, 0.2) is 18.2 Å². The zero-order chi connectivity index (χ0) is 23.3. The number of carbonyl (C=O) groups excluding carboxylic acids is 3. The lowest BCUT2D eigenvalue weighted by atomic mass is 10.0. The molecule has 3 aliphatic rings. The van der Waals surface area contributed by atoms with Gasteiger partial charge in [0.05, 0.1) is 18.7 Å². The zero-order valence-corrected chi connectivity index (χ0v) is 17.3. The van der Waals surface area contributed by atoms with Crippen molar-refractivity contribution in [3.05, 3.63) is 34.9 Å². The molecule has 32 heavy (non-hydrogen) atoms. The van der Waals surface area contributed by atoms with E-state index in [4.69, 9.17) is 4.74 Å². The fraction of sp³-hybridized carbons (Fsp3) is 0.571. The standard InChI is InChI=1S/C21H23F4N3O4/c1-20(22,23)19(31)26-8-11-2-3-12-9-28(18(30)13(12)6-11)16-10-32-5-4-15(16)27-17(29)14-7-21(14,24)25/h2-3,6,14-16H,4-5,7-10H2,1H3,(H,26,31)(H,27,29). The summed E-state index contributed by atoms with van der Waals surface area (Å²) in [6.45, 7) is 1.07. The van der Waals surface area contributed by atoms with Crippen LogP contribution in [0, 0.1) is 5.92 Å². The Morgan fingerprint density at radius 1 is 1.31 bits per heavy atom. The van der Waals surface area contributed by atoms with E-state index in [0.29, 0.717) is 36.6 Å². The summed E-state index contributed by atoms with van der Waals surface area (Å²) in [6.07, 6.45) is -0.0819. The summed E-state index contributed by atoms with van der Waals surface area (Å²) in [7, 11) is 0. The molecule has 0 bridgehead atoms. The number of alkyl halides is 4. The van der Waals surface area contributed by atoms with E-state index < -0.39 is 48.1 Å². The molecule has 0 spiro atoms. The molecule has 0 aromatic heterocycles. The highest BCUT2D eigenvalue weighted by Gasteiger charge is 2.61. The van der Waals surface area contributed by atoms with Gasteiger partial charge in [0.2, 0.25) is 5.91 Å². The molecule has 2 N–H and O–H groups in total. The second-order valence-electron chi connectivity index (χ2n) is 8.56. The van der Waals surface area contributed by atoms with Gasteiger partial charge in [-0.25, -0.2) is 8.78 Å². The van der Waals surface area contributed by atoms with Crippen LogP contribution in [0.4, 0.5) is 17.6 Å². The third kappa shape index (κ3) is 4.43. The predicted molar refractivity (Wildman–Crippen MR) is 103 cm³/mol. The number of hydrogen-bond acceptors (Lipinski definition) is 4. The van der Waals surface area contributed by atoms with Crippen molar-refractivity contribution < 1.29 is 36.7 Å². The van der Waals surface area contributed by atoms with E-state index in [-0.39, 0.29) is 25.6 Å². The van der Waals surface area contributed by atoms with Gasteiger partial charge >= 0.3 is 5.92 Å². The van der Waals surface area contributed by atoms with Gasteiger partial charge in [0.15, 0.2) is 0 Å². The Balaban J connectivity index is 1.44. The van der Waals surface area contributed by atoms with Gasteiger partial charge in [-0.05, 0) is 23.6 Å². The van der Waals surface area contributed by atoms with Gasteiger partial charge < -0.3 is 20.3 Å². The number of nitrogens with zero attached hydrogens (tertiary/aromatic N) is 1. The first-order valence-corrected chi connectivity index (χ1v) is 10.3. The van der Waals surface area contributed by atoms with E-state index in [1.807, 2.05) is 0 Å². The molecule has 1 saturated carbocycles. The molecule has 1 aromatic rings. The van der Waals surface area contributed by atoms with Crippen LogP contribution in [0.25, 0.3) is 0 Å². The fourth-order valence-electron chi connectivity index (χ4n) is 4.07. The minimum atomic E-state index is -3.51. The summed E-state index contributed by atoms with van der Waals surface area (Å²) in [5.74, 6) is -10.3. The van der Waals surface area contributed by atoms with Crippen molar-refractivity contribution in [2.75, 3.05) is 13.2 Å². The SMILES string of the molecule is CC(F)(F)C(=O)NCc1ccc2c(c1)C(=O)N(C1COCCC1NC(=O)C1CC1(F)F)C2. The molecule has 1 aromatic carbocycles. The molecule has 2 fully saturated rings. The summed E-state index contributed by atoms with van der Waals surface area (Å²) in [4.78, 5) is 38.1. The second kappa shape index (κ2) is 8.02. The van der Waals surface area contributed by atoms with Crippen molar-refractivity contribution in [1.82, 2.24) is 15.5 Å². The van der Waals surface area contributed by atoms with Crippen molar-refractivity contribution in [3.8, 4) is 0 Å². The van der Waals surface area contributed by atoms with E-state index in [1.165, 1.54) is 11.0 Å². The van der Waals surface area contributed by atoms with Crippen molar-refractivity contribution in [3.63, 3.8) is 0 Å². The third-order valence-corrected chi connectivity index (χ3v) is 6.05. The molecule has 4 rings (SSSR count). The highest BCUT2D eigenvalue weighted by molar-refractivity contribution is 5.99. The summed E-state index contributed by atoms with van der Waals surface area (Å²) in [6, 6.07) is 3.81. The molecular weight excluding hydrogens is 434 g/mol. The molecule has 2 aliphatic heterocycles. The minimum absolute atomic E-state index is 0.153. The molecule has 3 amide bonds. The maximum Gasteiger partial charge on any atom is 0.321 e. The maximum absolute atomic E-state index is 13.2. The second-order valence-corrected chi connectivity index (χ2v) is 8.56. The molecule has 0 radical (unpaired) electrons. The Morgan fingerprint density at radius 3 is 2.69 bits per heavy atom. The van der Waals surface area contributed by atoms with E-state index in [9.17, 15) is 31.9 Å². The molecule has 3 unspecified atom stereocenters. The summed E-state index contributed by atoms with van der Waals surface area (Å²) in [5, 5.41) is 4.79. The van der Waals surface area contributed by atoms with E-state index in [1.54, 1.807) is 12.1 Å². The molecule has 11 heteroatoms. The lowest BCUT2D eigenvalue weighted by Gasteiger charge is -2.38. The number of benzene rings is 1. The largest absolute Gasteiger partial charge is 0.379 e. The van der Waals surface area contributed by atoms with Gasteiger partial charge in [-0.3, -0.25) is 14.4 Å². The molecule has 1 aliphatic carbocycles. The number of amides is 3. The normalized spacial score (nSPS) is 26.5. The van der Waals surface area contributed by atoms with Gasteiger partial charge in [0, 0.05) is 38.6 Å². The molecule has 7 nitrogen and oxygen atoms in total. The Bertz CT molecular complexity index is 949. The summed E-state index contributed by atoms with van der Waals surface area (Å²) in [5.41, 5.74) is 1.55. The predicted octanol–water partition coefficient (Wildman–Crippen LogP) is 1.84. The number of carbonyl (C=O) groups is 3. The van der Waals surface area contributed by atoms with Crippen LogP contribution in [0.3, 0.4) is 0 Å². The highest BCUT2D eigenvalue weighted by Crippen LogP contribution is 2.48. The average Bonchev–Trinajstić information content (AvgIpc) is 3.26. The van der Waals surface area contributed by atoms with Gasteiger partial charge in [-0.1, -0.05) is 12.1 Å². The Kier molecular flexibility index (Phi) is 5.64. The van der Waals surface area contributed by atoms with Crippen molar-refractivity contribution in [1.29, 1.82) is 0 Å². The Morgan fingerprint density at radius 2 is 2.03 bits per heavy atom. The van der Waals surface area contributed by atoms with Crippen LogP contribution in [0.2, 0.25) is 0 Å². The van der Waals surface area contributed by atoms with Crippen LogP contribution in [0.5, 0.6) is 0 Å². The van der Waals surface area contributed by atoms with E-state index >= 15 is 0 Å². The van der Waals surface area contributed by atoms with Gasteiger partial charge in [0.1, 0.15) is 5.92 Å². The smallest absolute Gasteiger partial charge is 0.321 e. The summed E-state index contributed by atoms with van der Waals surface area (Å²) < 4.78 is 58.0. The topological polar surface area (TPSA) is 87.7 Å². The number of ether oxygens (including phenoxy) is 1. The number of hydrogen-bond donors (Lipinski definition) is 2. The lowest BCUT2D eigenvalue weighted by Crippen LogP contribution is -2.57. The quantitative estimate of drug-likeness (QED) is 0.639. The third-order valence-electron chi connectivity index (χ3n) is 6.05. The fourth-order valence-corrected chi connectivity index (χ4v) is 4.07. The highest BCUT2D eigenvalue weighted by atomic mass is 19.3. The van der Waals surface area contributed by atoms with Gasteiger partial charge in [-0.15, -0.1) is 0 Å². The van der Waals surface area contributed by atoms with Crippen LogP contribution in [-0.2, 0) is 27.4 Å². The van der Waals surface area contributed by atoms with Crippen molar-refractivity contribution in [2.45, 2.75) is 56.8 Å². The molecule has 3 atom stereocenters. The van der Waals surface area contributed by atoms with Gasteiger partial charge in [0.25, 0.3) is 17.7 Å². The van der Waals surface area contributed by atoms with Crippen LogP contribution in [0.1, 0.15) is 41.3 Å². The first-order chi connectivity index (χ1) is 15.0. The Labute approximate surface area is 181 Å². The maximum atomic E-state index is 13.2.